The molecule has 2 nitrogen and oxygen atoms in total. The molecule has 1 aliphatic heterocycles. The largest absolute Gasteiger partial charge is 0.362 e. The number of amidine groups is 1. The Kier molecular flexibility index (Phi) is 3.74. The molecule has 0 aromatic heterocycles. The normalized spacial score (nSPS) is 25.1. The predicted molar refractivity (Wildman–Crippen MR) is 63.9 cm³/mol. The monoisotopic (exact) mass is 212 g/mol. The molecule has 1 atom stereocenters. The van der Waals surface area contributed by atoms with Gasteiger partial charge in [-0.15, -0.1) is 0 Å². The first-order valence-electron chi connectivity index (χ1n) is 5.84. The Labute approximate surface area is 90.9 Å². The van der Waals surface area contributed by atoms with Gasteiger partial charge in [-0.25, -0.2) is 0 Å². The van der Waals surface area contributed by atoms with Crippen LogP contribution in [0.2, 0.25) is 0 Å². The molecule has 80 valence electrons. The molecule has 1 saturated carbocycles. The molecule has 1 unspecified atom stereocenters. The van der Waals surface area contributed by atoms with Crippen LogP contribution in [0.1, 0.15) is 39.0 Å². The van der Waals surface area contributed by atoms with Gasteiger partial charge in [0.05, 0.1) is 0 Å². The van der Waals surface area contributed by atoms with E-state index in [0.717, 1.165) is 12.5 Å². The number of nitrogens with zero attached hydrogens (tertiary/aromatic N) is 1. The van der Waals surface area contributed by atoms with Crippen LogP contribution in [0.15, 0.2) is 4.99 Å². The van der Waals surface area contributed by atoms with Crippen molar-refractivity contribution >= 4 is 16.9 Å². The maximum Gasteiger partial charge on any atom is 0.156 e. The minimum Gasteiger partial charge on any atom is -0.362 e. The van der Waals surface area contributed by atoms with E-state index in [1.807, 2.05) is 11.8 Å². The number of rotatable bonds is 3. The molecular weight excluding hydrogens is 192 g/mol. The summed E-state index contributed by atoms with van der Waals surface area (Å²) in [6.45, 7) is 3.31. The Morgan fingerprint density at radius 1 is 1.50 bits per heavy atom. The van der Waals surface area contributed by atoms with E-state index in [2.05, 4.69) is 17.2 Å². The number of hydrogen-bond acceptors (Lipinski definition) is 3. The molecule has 2 rings (SSSR count). The van der Waals surface area contributed by atoms with E-state index in [0.29, 0.717) is 6.04 Å². The van der Waals surface area contributed by atoms with Crippen molar-refractivity contribution < 1.29 is 0 Å². The van der Waals surface area contributed by atoms with Gasteiger partial charge in [0.25, 0.3) is 0 Å². The molecule has 1 heterocycles. The summed E-state index contributed by atoms with van der Waals surface area (Å²) in [6, 6.07) is 0.688. The summed E-state index contributed by atoms with van der Waals surface area (Å²) in [5.41, 5.74) is 0. The fourth-order valence-corrected chi connectivity index (χ4v) is 2.99. The highest BCUT2D eigenvalue weighted by Gasteiger charge is 2.26. The van der Waals surface area contributed by atoms with Crippen molar-refractivity contribution in [2.75, 3.05) is 12.3 Å². The van der Waals surface area contributed by atoms with Gasteiger partial charge < -0.3 is 5.32 Å². The van der Waals surface area contributed by atoms with Gasteiger partial charge in [-0.1, -0.05) is 25.1 Å². The summed E-state index contributed by atoms with van der Waals surface area (Å²) < 4.78 is 0. The number of nitrogens with one attached hydrogen (secondary N) is 1. The number of hydrogen-bond donors (Lipinski definition) is 1. The lowest BCUT2D eigenvalue weighted by molar-refractivity contribution is 0.243. The van der Waals surface area contributed by atoms with Crippen molar-refractivity contribution in [1.29, 1.82) is 0 Å². The van der Waals surface area contributed by atoms with Gasteiger partial charge in [0.1, 0.15) is 0 Å². The lowest BCUT2D eigenvalue weighted by Gasteiger charge is -2.34. The molecule has 3 heteroatoms. The first kappa shape index (κ1) is 10.3. The highest BCUT2D eigenvalue weighted by atomic mass is 32.2. The van der Waals surface area contributed by atoms with E-state index in [1.54, 1.807) is 0 Å². The molecule has 0 aromatic carbocycles. The molecule has 0 spiro atoms. The fourth-order valence-electron chi connectivity index (χ4n) is 2.10. The van der Waals surface area contributed by atoms with Crippen LogP contribution in [0, 0.1) is 5.92 Å². The molecule has 0 radical (unpaired) electrons. The van der Waals surface area contributed by atoms with Gasteiger partial charge in [-0.2, -0.15) is 0 Å². The quantitative estimate of drug-likeness (QED) is 0.778. The standard InChI is InChI=1S/C11H20N2S/c1-2-10(9-5-3-6-9)13-11-12-7-4-8-14-11/h9-10H,2-8H2,1H3,(H,12,13). The minimum absolute atomic E-state index is 0.688. The molecular formula is C11H20N2S. The van der Waals surface area contributed by atoms with Crippen molar-refractivity contribution in [1.82, 2.24) is 5.32 Å². The first-order valence-corrected chi connectivity index (χ1v) is 6.82. The molecule has 14 heavy (non-hydrogen) atoms. The van der Waals surface area contributed by atoms with Crippen LogP contribution in [0.4, 0.5) is 0 Å². The molecule has 0 amide bonds. The van der Waals surface area contributed by atoms with Crippen LogP contribution in [0.3, 0.4) is 0 Å². The zero-order valence-corrected chi connectivity index (χ0v) is 9.78. The Hall–Kier alpha value is -0.180. The van der Waals surface area contributed by atoms with Crippen molar-refractivity contribution in [3.63, 3.8) is 0 Å². The average Bonchev–Trinajstić information content (AvgIpc) is 2.15. The Balaban J connectivity index is 1.83. The summed E-state index contributed by atoms with van der Waals surface area (Å²) in [6.07, 6.45) is 6.76. The smallest absolute Gasteiger partial charge is 0.156 e. The third-order valence-electron chi connectivity index (χ3n) is 3.26. The van der Waals surface area contributed by atoms with Gasteiger partial charge in [0.15, 0.2) is 5.17 Å². The van der Waals surface area contributed by atoms with Crippen LogP contribution < -0.4 is 5.32 Å². The Morgan fingerprint density at radius 2 is 2.36 bits per heavy atom. The van der Waals surface area contributed by atoms with Crippen LogP contribution in [0.5, 0.6) is 0 Å². The van der Waals surface area contributed by atoms with Gasteiger partial charge in [0.2, 0.25) is 0 Å². The van der Waals surface area contributed by atoms with Gasteiger partial charge in [0, 0.05) is 18.3 Å². The maximum atomic E-state index is 4.53. The summed E-state index contributed by atoms with van der Waals surface area (Å²) in [4.78, 5) is 4.53. The van der Waals surface area contributed by atoms with Crippen molar-refractivity contribution in [3.8, 4) is 0 Å². The second-order valence-corrected chi connectivity index (χ2v) is 5.32. The second-order valence-electron chi connectivity index (χ2n) is 4.24. The Bertz CT molecular complexity index is 211. The van der Waals surface area contributed by atoms with Gasteiger partial charge >= 0.3 is 0 Å². The lowest BCUT2D eigenvalue weighted by atomic mass is 9.79. The van der Waals surface area contributed by atoms with Gasteiger partial charge in [-0.3, -0.25) is 4.99 Å². The molecule has 0 saturated heterocycles. The lowest BCUT2D eigenvalue weighted by Crippen LogP contribution is -2.42. The summed E-state index contributed by atoms with van der Waals surface area (Å²) in [7, 11) is 0. The van der Waals surface area contributed by atoms with E-state index in [4.69, 9.17) is 0 Å². The summed E-state index contributed by atoms with van der Waals surface area (Å²) >= 11 is 1.90. The van der Waals surface area contributed by atoms with E-state index in [9.17, 15) is 0 Å². The summed E-state index contributed by atoms with van der Waals surface area (Å²) in [5.74, 6) is 2.16. The van der Waals surface area contributed by atoms with Crippen LogP contribution in [-0.2, 0) is 0 Å². The molecule has 0 aromatic rings. The van der Waals surface area contributed by atoms with E-state index < -0.39 is 0 Å². The van der Waals surface area contributed by atoms with Crippen LogP contribution in [-0.4, -0.2) is 23.5 Å². The molecule has 1 N–H and O–H groups in total. The highest BCUT2D eigenvalue weighted by Crippen LogP contribution is 2.31. The molecule has 1 fully saturated rings. The van der Waals surface area contributed by atoms with E-state index >= 15 is 0 Å². The van der Waals surface area contributed by atoms with E-state index in [-0.39, 0.29) is 0 Å². The first-order chi connectivity index (χ1) is 6.90. The zero-order valence-electron chi connectivity index (χ0n) is 8.96. The third kappa shape index (κ3) is 2.44. The SMILES string of the molecule is CCC(NC1=NCCCS1)C1CCC1. The van der Waals surface area contributed by atoms with Crippen molar-refractivity contribution in [2.45, 2.75) is 45.1 Å². The predicted octanol–water partition coefficient (Wildman–Crippen LogP) is 2.65. The maximum absolute atomic E-state index is 4.53. The topological polar surface area (TPSA) is 24.4 Å². The van der Waals surface area contributed by atoms with Crippen molar-refractivity contribution in [3.05, 3.63) is 0 Å². The van der Waals surface area contributed by atoms with Crippen LogP contribution >= 0.6 is 11.8 Å². The van der Waals surface area contributed by atoms with Gasteiger partial charge in [-0.05, 0) is 31.6 Å². The molecule has 2 aliphatic rings. The average molecular weight is 212 g/mol. The highest BCUT2D eigenvalue weighted by molar-refractivity contribution is 8.13. The number of thioether (sulfide) groups is 1. The van der Waals surface area contributed by atoms with Crippen LogP contribution in [0.25, 0.3) is 0 Å². The summed E-state index contributed by atoms with van der Waals surface area (Å²) in [5, 5.41) is 4.82. The molecule has 1 aliphatic carbocycles. The van der Waals surface area contributed by atoms with Crippen molar-refractivity contribution in [2.24, 2.45) is 10.9 Å². The molecule has 0 bridgehead atoms. The zero-order chi connectivity index (χ0) is 9.80. The fraction of sp³-hybridized carbons (Fsp3) is 0.909. The minimum atomic E-state index is 0.688. The Morgan fingerprint density at radius 3 is 2.86 bits per heavy atom. The number of aliphatic imine (C=N–C) groups is 1. The third-order valence-corrected chi connectivity index (χ3v) is 4.28. The van der Waals surface area contributed by atoms with E-state index in [1.165, 1.54) is 43.0 Å². The second kappa shape index (κ2) is 5.06.